The Bertz CT molecular complexity index is 989. The van der Waals surface area contributed by atoms with Crippen molar-refractivity contribution in [2.45, 2.75) is 83.3 Å². The van der Waals surface area contributed by atoms with E-state index in [1.807, 2.05) is 0 Å². The summed E-state index contributed by atoms with van der Waals surface area (Å²) in [6.45, 7) is 5.64. The summed E-state index contributed by atoms with van der Waals surface area (Å²) < 4.78 is 4.47. The zero-order valence-corrected chi connectivity index (χ0v) is 21.2. The van der Waals surface area contributed by atoms with Gasteiger partial charge in [0.15, 0.2) is 11.2 Å². The van der Waals surface area contributed by atoms with Gasteiger partial charge in [0.25, 0.3) is 5.56 Å². The second-order valence-electron chi connectivity index (χ2n) is 9.85. The summed E-state index contributed by atoms with van der Waals surface area (Å²) in [5.74, 6) is 0. The van der Waals surface area contributed by atoms with Crippen molar-refractivity contribution in [3.05, 3.63) is 27.2 Å². The van der Waals surface area contributed by atoms with Gasteiger partial charge >= 0.3 is 5.69 Å². The maximum atomic E-state index is 12.7. The van der Waals surface area contributed by atoms with Crippen molar-refractivity contribution < 1.29 is 5.11 Å². The van der Waals surface area contributed by atoms with Crippen LogP contribution in [0.15, 0.2) is 15.9 Å². The highest BCUT2D eigenvalue weighted by Gasteiger charge is 2.14. The number of likely N-dealkylation sites (tertiary alicyclic amines) is 1. The molecule has 1 unspecified atom stereocenters. The highest BCUT2D eigenvalue weighted by atomic mass is 16.3. The molecule has 0 radical (unpaired) electrons. The third-order valence-electron chi connectivity index (χ3n) is 7.05. The average molecular weight is 477 g/mol. The summed E-state index contributed by atoms with van der Waals surface area (Å²) in [6.07, 6.45) is 13.6. The fourth-order valence-electron chi connectivity index (χ4n) is 4.92. The van der Waals surface area contributed by atoms with Crippen molar-refractivity contribution in [1.82, 2.24) is 28.9 Å². The molecule has 3 heterocycles. The third-order valence-corrected chi connectivity index (χ3v) is 7.05. The predicted molar refractivity (Wildman–Crippen MR) is 136 cm³/mol. The van der Waals surface area contributed by atoms with Crippen molar-refractivity contribution in [3.63, 3.8) is 0 Å². The van der Waals surface area contributed by atoms with Crippen LogP contribution in [0.25, 0.3) is 11.2 Å². The molecule has 1 aliphatic heterocycles. The highest BCUT2D eigenvalue weighted by Crippen LogP contribution is 2.11. The monoisotopic (exact) mass is 476 g/mol. The quantitative estimate of drug-likeness (QED) is 0.382. The van der Waals surface area contributed by atoms with Crippen LogP contribution in [-0.2, 0) is 20.6 Å². The molecule has 1 aliphatic rings. The van der Waals surface area contributed by atoms with Gasteiger partial charge in [-0.1, -0.05) is 44.9 Å². The molecule has 0 saturated carbocycles. The first-order valence-corrected chi connectivity index (χ1v) is 13.2. The molecule has 9 nitrogen and oxygen atoms in total. The molecular formula is C25H44N6O3. The lowest BCUT2D eigenvalue weighted by molar-refractivity contribution is 0.154. The number of fused-ring (bicyclic) bond motifs is 1. The van der Waals surface area contributed by atoms with Gasteiger partial charge in [-0.3, -0.25) is 13.9 Å². The molecule has 0 amide bonds. The molecule has 1 atom stereocenters. The Kier molecular flexibility index (Phi) is 10.8. The second kappa shape index (κ2) is 13.8. The number of nitrogens with zero attached hydrogens (tertiary/aromatic N) is 5. The van der Waals surface area contributed by atoms with Crippen molar-refractivity contribution in [2.24, 2.45) is 14.1 Å². The first kappa shape index (κ1) is 26.6. The van der Waals surface area contributed by atoms with Crippen molar-refractivity contribution >= 4 is 11.2 Å². The average Bonchev–Trinajstić information content (AvgIpc) is 3.23. The standard InChI is InChI=1S/C25H44N6O3/c1-28-20-27-23-22(28)24(33)31(25(34)29(23)2)17-12-7-5-3-4-6-9-13-21(32)19-26-14-18-30-15-10-8-11-16-30/h20-21,26,32H,3-19H2,1-2H3. The molecule has 3 rings (SSSR count). The van der Waals surface area contributed by atoms with Crippen LogP contribution in [0.2, 0.25) is 0 Å². The second-order valence-corrected chi connectivity index (χ2v) is 9.85. The largest absolute Gasteiger partial charge is 0.392 e. The van der Waals surface area contributed by atoms with Gasteiger partial charge in [0.2, 0.25) is 0 Å². The van der Waals surface area contributed by atoms with E-state index >= 15 is 0 Å². The molecular weight excluding hydrogens is 432 g/mol. The Morgan fingerprint density at radius 1 is 0.971 bits per heavy atom. The van der Waals surface area contributed by atoms with Crippen molar-refractivity contribution in [1.29, 1.82) is 0 Å². The van der Waals surface area contributed by atoms with Gasteiger partial charge in [0.1, 0.15) is 0 Å². The fourth-order valence-corrected chi connectivity index (χ4v) is 4.92. The minimum atomic E-state index is -0.296. The Balaban J connectivity index is 1.21. The lowest BCUT2D eigenvalue weighted by Crippen LogP contribution is -2.39. The number of hydrogen-bond acceptors (Lipinski definition) is 6. The Labute approximate surface area is 202 Å². The minimum absolute atomic E-state index is 0.251. The van der Waals surface area contributed by atoms with Crippen LogP contribution in [0.3, 0.4) is 0 Å². The first-order valence-electron chi connectivity index (χ1n) is 13.2. The van der Waals surface area contributed by atoms with Gasteiger partial charge in [-0.05, 0) is 38.8 Å². The van der Waals surface area contributed by atoms with E-state index < -0.39 is 0 Å². The molecule has 2 N–H and O–H groups in total. The number of aromatic nitrogens is 4. The van der Waals surface area contributed by atoms with Crippen LogP contribution in [0.4, 0.5) is 0 Å². The molecule has 2 aromatic heterocycles. The molecule has 0 spiro atoms. The van der Waals surface area contributed by atoms with Gasteiger partial charge in [-0.2, -0.15) is 0 Å². The molecule has 1 saturated heterocycles. The summed E-state index contributed by atoms with van der Waals surface area (Å²) in [7, 11) is 3.44. The molecule has 1 fully saturated rings. The smallest absolute Gasteiger partial charge is 0.332 e. The topological polar surface area (TPSA) is 97.3 Å². The summed E-state index contributed by atoms with van der Waals surface area (Å²) in [5.41, 5.74) is 0.363. The van der Waals surface area contributed by atoms with Gasteiger partial charge in [0, 0.05) is 40.3 Å². The summed E-state index contributed by atoms with van der Waals surface area (Å²) in [4.78, 5) is 31.9. The van der Waals surface area contributed by atoms with E-state index in [-0.39, 0.29) is 17.4 Å². The number of aliphatic hydroxyl groups is 1. The van der Waals surface area contributed by atoms with Gasteiger partial charge < -0.3 is 19.9 Å². The maximum absolute atomic E-state index is 12.7. The third kappa shape index (κ3) is 7.52. The molecule has 2 aromatic rings. The zero-order valence-electron chi connectivity index (χ0n) is 21.2. The molecule has 9 heteroatoms. The molecule has 0 aromatic carbocycles. The van der Waals surface area contributed by atoms with E-state index in [1.54, 1.807) is 25.0 Å². The van der Waals surface area contributed by atoms with Crippen LogP contribution < -0.4 is 16.6 Å². The number of nitrogens with one attached hydrogen (secondary N) is 1. The lowest BCUT2D eigenvalue weighted by atomic mass is 10.1. The predicted octanol–water partition coefficient (Wildman–Crippen LogP) is 1.99. The van der Waals surface area contributed by atoms with Crippen LogP contribution in [0, 0.1) is 0 Å². The Morgan fingerprint density at radius 2 is 1.65 bits per heavy atom. The molecule has 0 aliphatic carbocycles. The summed E-state index contributed by atoms with van der Waals surface area (Å²) in [5, 5.41) is 13.6. The van der Waals surface area contributed by atoms with E-state index in [9.17, 15) is 14.7 Å². The number of piperidine rings is 1. The fraction of sp³-hybridized carbons (Fsp3) is 0.800. The van der Waals surface area contributed by atoms with Crippen LogP contribution in [-0.4, -0.2) is 67.5 Å². The number of unbranched alkanes of at least 4 members (excludes halogenated alkanes) is 6. The van der Waals surface area contributed by atoms with Crippen molar-refractivity contribution in [3.8, 4) is 0 Å². The maximum Gasteiger partial charge on any atom is 0.332 e. The Hall–Kier alpha value is -1.97. The minimum Gasteiger partial charge on any atom is -0.392 e. The summed E-state index contributed by atoms with van der Waals surface area (Å²) >= 11 is 0. The molecule has 192 valence electrons. The van der Waals surface area contributed by atoms with E-state index in [1.165, 1.54) is 41.5 Å². The number of rotatable bonds is 15. The lowest BCUT2D eigenvalue weighted by Gasteiger charge is -2.26. The Morgan fingerprint density at radius 3 is 2.38 bits per heavy atom. The van der Waals surface area contributed by atoms with Crippen LogP contribution >= 0.6 is 0 Å². The SMILES string of the molecule is Cn1cnc2c1c(=O)n(CCCCCCCCCC(O)CNCCN1CCCCC1)c(=O)n2C. The molecule has 34 heavy (non-hydrogen) atoms. The highest BCUT2D eigenvalue weighted by molar-refractivity contribution is 5.69. The zero-order chi connectivity index (χ0) is 24.3. The van der Waals surface area contributed by atoms with Gasteiger partial charge in [-0.15, -0.1) is 0 Å². The molecule has 0 bridgehead atoms. The normalized spacial score (nSPS) is 15.9. The van der Waals surface area contributed by atoms with E-state index in [0.717, 1.165) is 64.5 Å². The van der Waals surface area contributed by atoms with Gasteiger partial charge in [-0.25, -0.2) is 9.78 Å². The first-order chi connectivity index (χ1) is 16.5. The van der Waals surface area contributed by atoms with Crippen molar-refractivity contribution in [2.75, 3.05) is 32.7 Å². The number of hydrogen-bond donors (Lipinski definition) is 2. The van der Waals surface area contributed by atoms with E-state index in [0.29, 0.717) is 24.3 Å². The van der Waals surface area contributed by atoms with Crippen LogP contribution in [0.1, 0.15) is 70.6 Å². The van der Waals surface area contributed by atoms with Gasteiger partial charge in [0.05, 0.1) is 12.4 Å². The van der Waals surface area contributed by atoms with E-state index in [2.05, 4.69) is 15.2 Å². The summed E-state index contributed by atoms with van der Waals surface area (Å²) in [6, 6.07) is 0. The number of aryl methyl sites for hydroxylation is 2. The number of imidazole rings is 1. The number of aliphatic hydroxyl groups excluding tert-OH is 1. The van der Waals surface area contributed by atoms with Crippen LogP contribution in [0.5, 0.6) is 0 Å². The van der Waals surface area contributed by atoms with E-state index in [4.69, 9.17) is 0 Å².